The zero-order valence-electron chi connectivity index (χ0n) is 16.9. The normalized spacial score (nSPS) is 21.5. The van der Waals surface area contributed by atoms with E-state index in [9.17, 15) is 9.59 Å². The third kappa shape index (κ3) is 2.66. The van der Waals surface area contributed by atoms with Crippen LogP contribution >= 0.6 is 0 Å². The maximum atomic E-state index is 12.7. The first-order chi connectivity index (χ1) is 11.8. The Hall–Kier alpha value is -1.80. The first kappa shape index (κ1) is 19.0. The molecule has 26 heavy (non-hydrogen) atoms. The van der Waals surface area contributed by atoms with Gasteiger partial charge in [0.2, 0.25) is 5.43 Å². The first-order valence-corrected chi connectivity index (χ1v) is 11.8. The van der Waals surface area contributed by atoms with Crippen LogP contribution in [0.4, 0.5) is 0 Å². The summed E-state index contributed by atoms with van der Waals surface area (Å²) in [4.78, 5) is 25.3. The van der Waals surface area contributed by atoms with Crippen LogP contribution in [0.5, 0.6) is 5.75 Å². The van der Waals surface area contributed by atoms with Crippen LogP contribution in [-0.4, -0.2) is 38.2 Å². The van der Waals surface area contributed by atoms with Crippen LogP contribution in [0.25, 0.3) is 0 Å². The minimum absolute atomic E-state index is 0.0462. The molecule has 3 heterocycles. The number of nitrogens with zero attached hydrogens (tertiary/aromatic N) is 2. The van der Waals surface area contributed by atoms with Gasteiger partial charge in [-0.1, -0.05) is 20.8 Å². The summed E-state index contributed by atoms with van der Waals surface area (Å²) in [5.41, 5.74) is 0.0771. The lowest BCUT2D eigenvalue weighted by molar-refractivity contribution is 0.0847. The molecule has 3 rings (SSSR count). The molecule has 0 fully saturated rings. The van der Waals surface area contributed by atoms with Crippen molar-refractivity contribution in [1.29, 1.82) is 0 Å². The van der Waals surface area contributed by atoms with E-state index < -0.39 is 14.0 Å². The van der Waals surface area contributed by atoms with Gasteiger partial charge in [0.25, 0.3) is 5.91 Å². The van der Waals surface area contributed by atoms with Crippen LogP contribution in [0.1, 0.15) is 56.9 Å². The highest BCUT2D eigenvalue weighted by Crippen LogP contribution is 2.42. The van der Waals surface area contributed by atoms with Crippen LogP contribution in [0.15, 0.2) is 10.9 Å². The molecule has 0 bridgehead atoms. The van der Waals surface area contributed by atoms with Crippen LogP contribution in [0, 0.1) is 0 Å². The molecule has 7 nitrogen and oxygen atoms in total. The van der Waals surface area contributed by atoms with E-state index in [-0.39, 0.29) is 33.9 Å². The number of aromatic nitrogens is 1. The summed E-state index contributed by atoms with van der Waals surface area (Å²) in [5.74, 6) is -0.241. The van der Waals surface area contributed by atoms with Crippen molar-refractivity contribution in [2.75, 3.05) is 18.7 Å². The summed E-state index contributed by atoms with van der Waals surface area (Å²) >= 11 is 0. The largest absolute Gasteiger partial charge is 0.491 e. The van der Waals surface area contributed by atoms with Gasteiger partial charge in [-0.3, -0.25) is 14.6 Å². The third-order valence-electron chi connectivity index (χ3n) is 5.81. The molecular formula is C18H29N3O4Si. The number of nitrogens with one attached hydrogen (secondary N) is 1. The fourth-order valence-corrected chi connectivity index (χ4v) is 4.59. The van der Waals surface area contributed by atoms with Gasteiger partial charge < -0.3 is 14.5 Å². The van der Waals surface area contributed by atoms with E-state index in [4.69, 9.17) is 9.16 Å². The highest BCUT2D eigenvalue weighted by Gasteiger charge is 2.49. The smallest absolute Gasteiger partial charge is 0.275 e. The van der Waals surface area contributed by atoms with E-state index in [2.05, 4.69) is 39.2 Å². The first-order valence-electron chi connectivity index (χ1n) is 8.92. The molecule has 1 aromatic heterocycles. The zero-order chi connectivity index (χ0) is 19.7. The predicted molar refractivity (Wildman–Crippen MR) is 103 cm³/mol. The van der Waals surface area contributed by atoms with Crippen molar-refractivity contribution in [1.82, 2.24) is 9.99 Å². The molecular weight excluding hydrogens is 350 g/mol. The summed E-state index contributed by atoms with van der Waals surface area (Å²) in [5, 5.41) is 5.05. The molecule has 1 aromatic rings. The van der Waals surface area contributed by atoms with Crippen molar-refractivity contribution in [3.8, 4) is 5.75 Å². The number of carbonyl (C=O) groups is 1. The summed E-state index contributed by atoms with van der Waals surface area (Å²) < 4.78 is 13.7. The van der Waals surface area contributed by atoms with Crippen molar-refractivity contribution in [3.63, 3.8) is 0 Å². The fourth-order valence-electron chi connectivity index (χ4n) is 3.33. The molecule has 1 atom stereocenters. The molecule has 0 radical (unpaired) electrons. The molecule has 0 saturated carbocycles. The Morgan fingerprint density at radius 1 is 1.27 bits per heavy atom. The second-order valence-corrected chi connectivity index (χ2v) is 13.8. The van der Waals surface area contributed by atoms with E-state index in [1.807, 2.05) is 23.5 Å². The number of hydrogen-bond donors (Lipinski definition) is 1. The Labute approximate surface area is 155 Å². The number of hydrogen-bond acceptors (Lipinski definition) is 5. The van der Waals surface area contributed by atoms with Crippen molar-refractivity contribution in [2.24, 2.45) is 0 Å². The summed E-state index contributed by atoms with van der Waals surface area (Å²) in [6.45, 7) is 15.4. The number of ether oxygens (including phenoxy) is 1. The Morgan fingerprint density at radius 2 is 1.88 bits per heavy atom. The van der Waals surface area contributed by atoms with Gasteiger partial charge in [0.15, 0.2) is 19.8 Å². The minimum Gasteiger partial charge on any atom is -0.491 e. The average molecular weight is 380 g/mol. The van der Waals surface area contributed by atoms with Gasteiger partial charge >= 0.3 is 0 Å². The van der Waals surface area contributed by atoms with Gasteiger partial charge in [0.1, 0.15) is 11.8 Å². The molecule has 2 aliphatic rings. The maximum absolute atomic E-state index is 12.7. The summed E-state index contributed by atoms with van der Waals surface area (Å²) in [6.07, 6.45) is -0.264. The van der Waals surface area contributed by atoms with Crippen molar-refractivity contribution in [3.05, 3.63) is 27.7 Å². The Kier molecular flexibility index (Phi) is 4.08. The Balaban J connectivity index is 2.17. The second kappa shape index (κ2) is 5.59. The molecule has 144 valence electrons. The van der Waals surface area contributed by atoms with Gasteiger partial charge in [-0.25, -0.2) is 4.68 Å². The quantitative estimate of drug-likeness (QED) is 0.816. The van der Waals surface area contributed by atoms with Crippen LogP contribution in [0.3, 0.4) is 0 Å². The standard InChI is InChI=1S/C18H29N3O4Si/c1-17(2,3)26(7,8)25-13-10-20-18(4,5)19-16(23)14-15(24-6)12(22)9-11(13)21(14)20/h9,13H,10H2,1-8H3,(H,19,23). The van der Waals surface area contributed by atoms with Gasteiger partial charge in [0.05, 0.1) is 19.3 Å². The number of amides is 1. The zero-order valence-corrected chi connectivity index (χ0v) is 17.9. The molecule has 0 aliphatic carbocycles. The highest BCUT2D eigenvalue weighted by molar-refractivity contribution is 6.74. The van der Waals surface area contributed by atoms with Crippen LogP contribution < -0.4 is 20.5 Å². The van der Waals surface area contributed by atoms with Gasteiger partial charge in [-0.2, -0.15) is 0 Å². The molecule has 8 heteroatoms. The van der Waals surface area contributed by atoms with Crippen LogP contribution in [-0.2, 0) is 4.43 Å². The number of methoxy groups -OCH3 is 1. The molecule has 1 amide bonds. The van der Waals surface area contributed by atoms with Gasteiger partial charge in [-0.15, -0.1) is 0 Å². The molecule has 1 N–H and O–H groups in total. The lowest BCUT2D eigenvalue weighted by atomic mass is 10.1. The van der Waals surface area contributed by atoms with Gasteiger partial charge in [-0.05, 0) is 32.0 Å². The second-order valence-electron chi connectivity index (χ2n) is 9.09. The van der Waals surface area contributed by atoms with E-state index in [0.717, 1.165) is 5.69 Å². The topological polar surface area (TPSA) is 72.8 Å². The third-order valence-corrected chi connectivity index (χ3v) is 10.3. The molecule has 1 unspecified atom stereocenters. The van der Waals surface area contributed by atoms with Crippen LogP contribution in [0.2, 0.25) is 18.1 Å². The van der Waals surface area contributed by atoms with E-state index in [0.29, 0.717) is 6.54 Å². The van der Waals surface area contributed by atoms with E-state index in [1.54, 1.807) is 6.07 Å². The van der Waals surface area contributed by atoms with Crippen molar-refractivity contribution < 1.29 is 14.0 Å². The average Bonchev–Trinajstić information content (AvgIpc) is 2.81. The maximum Gasteiger partial charge on any atom is 0.275 e. The number of carbonyl (C=O) groups excluding carboxylic acids is 1. The number of rotatable bonds is 3. The molecule has 2 aliphatic heterocycles. The highest BCUT2D eigenvalue weighted by atomic mass is 28.4. The van der Waals surface area contributed by atoms with E-state index in [1.165, 1.54) is 7.11 Å². The summed E-state index contributed by atoms with van der Waals surface area (Å²) in [7, 11) is -0.646. The molecule has 0 saturated heterocycles. The predicted octanol–water partition coefficient (Wildman–Crippen LogP) is 2.35. The fraction of sp³-hybridized carbons (Fsp3) is 0.667. The van der Waals surface area contributed by atoms with Crippen molar-refractivity contribution in [2.45, 2.75) is 64.5 Å². The Bertz CT molecular complexity index is 823. The monoisotopic (exact) mass is 379 g/mol. The van der Waals surface area contributed by atoms with Gasteiger partial charge in [0, 0.05) is 6.07 Å². The lowest BCUT2D eigenvalue weighted by Crippen LogP contribution is -2.65. The number of pyridine rings is 1. The lowest BCUT2D eigenvalue weighted by Gasteiger charge is -2.43. The minimum atomic E-state index is -2.06. The van der Waals surface area contributed by atoms with Crippen molar-refractivity contribution >= 4 is 14.2 Å². The molecule has 0 spiro atoms. The SMILES string of the molecule is COc1c2n3c(cc1=O)C(O[Si](C)(C)C(C)(C)C)CN3C(C)(C)NC2=O. The Morgan fingerprint density at radius 3 is 2.42 bits per heavy atom. The summed E-state index contributed by atoms with van der Waals surface area (Å²) in [6, 6.07) is 1.55. The molecule has 0 aromatic carbocycles. The van der Waals surface area contributed by atoms with E-state index >= 15 is 0 Å².